The van der Waals surface area contributed by atoms with Gasteiger partial charge in [0.05, 0.1) is 0 Å². The summed E-state index contributed by atoms with van der Waals surface area (Å²) in [7, 11) is 0. The lowest BCUT2D eigenvalue weighted by Gasteiger charge is -2.29. The van der Waals surface area contributed by atoms with Crippen LogP contribution in [0.25, 0.3) is 0 Å². The largest absolute Gasteiger partial charge is 0.306 e. The van der Waals surface area contributed by atoms with Crippen molar-refractivity contribution in [2.24, 2.45) is 5.92 Å². The van der Waals surface area contributed by atoms with Crippen molar-refractivity contribution in [3.8, 4) is 0 Å². The molecule has 5 heteroatoms. The van der Waals surface area contributed by atoms with Gasteiger partial charge in [0.1, 0.15) is 6.33 Å². The predicted octanol–water partition coefficient (Wildman–Crippen LogP) is 2.68. The predicted molar refractivity (Wildman–Crippen MR) is 76.0 cm³/mol. The molecule has 0 amide bonds. The molecule has 1 aliphatic rings. The minimum atomic E-state index is 0.443. The Bertz CT molecular complexity index is 356. The van der Waals surface area contributed by atoms with E-state index in [4.69, 9.17) is 0 Å². The second-order valence-corrected chi connectivity index (χ2v) is 6.55. The highest BCUT2D eigenvalue weighted by atomic mass is 32.2. The summed E-state index contributed by atoms with van der Waals surface area (Å²) < 4.78 is 2.14. The van der Waals surface area contributed by atoms with Gasteiger partial charge in [-0.15, -0.1) is 10.2 Å². The van der Waals surface area contributed by atoms with Crippen LogP contribution < -0.4 is 0 Å². The van der Waals surface area contributed by atoms with Crippen LogP contribution in [0.1, 0.15) is 39.7 Å². The Kier molecular flexibility index (Phi) is 5.06. The molecule has 2 heterocycles. The van der Waals surface area contributed by atoms with Gasteiger partial charge in [0.25, 0.3) is 0 Å². The normalized spacial score (nSPS) is 18.7. The highest BCUT2D eigenvalue weighted by Crippen LogP contribution is 2.20. The van der Waals surface area contributed by atoms with Gasteiger partial charge >= 0.3 is 0 Å². The number of likely N-dealkylation sites (tertiary alicyclic amines) is 1. The van der Waals surface area contributed by atoms with E-state index >= 15 is 0 Å². The van der Waals surface area contributed by atoms with Crippen molar-refractivity contribution in [3.05, 3.63) is 6.33 Å². The number of hydrogen-bond acceptors (Lipinski definition) is 4. The number of hydrogen-bond donors (Lipinski definition) is 0. The summed E-state index contributed by atoms with van der Waals surface area (Å²) in [5.41, 5.74) is 0. The third-order valence-electron chi connectivity index (χ3n) is 3.61. The molecule has 0 radical (unpaired) electrons. The third kappa shape index (κ3) is 3.72. The van der Waals surface area contributed by atoms with Crippen LogP contribution in [-0.2, 0) is 0 Å². The van der Waals surface area contributed by atoms with Gasteiger partial charge in [-0.3, -0.25) is 0 Å². The summed E-state index contributed by atoms with van der Waals surface area (Å²) in [6, 6.07) is 0.443. The van der Waals surface area contributed by atoms with E-state index in [9.17, 15) is 0 Å². The number of thioether (sulfide) groups is 1. The van der Waals surface area contributed by atoms with E-state index in [0.29, 0.717) is 6.04 Å². The van der Waals surface area contributed by atoms with E-state index in [2.05, 4.69) is 40.4 Å². The van der Waals surface area contributed by atoms with Gasteiger partial charge in [-0.05, 0) is 45.7 Å². The molecular formula is C13H24N4S. The molecule has 0 N–H and O–H groups in total. The van der Waals surface area contributed by atoms with Crippen LogP contribution in [0.2, 0.25) is 0 Å². The number of piperidine rings is 1. The minimum absolute atomic E-state index is 0.443. The smallest absolute Gasteiger partial charge is 0.191 e. The third-order valence-corrected chi connectivity index (χ3v) is 4.55. The Morgan fingerprint density at radius 3 is 2.78 bits per heavy atom. The highest BCUT2D eigenvalue weighted by molar-refractivity contribution is 7.99. The van der Waals surface area contributed by atoms with Crippen molar-refractivity contribution in [2.75, 3.05) is 25.4 Å². The molecule has 1 aromatic rings. The quantitative estimate of drug-likeness (QED) is 0.769. The zero-order chi connectivity index (χ0) is 13.0. The summed E-state index contributed by atoms with van der Waals surface area (Å²) in [6.45, 7) is 10.4. The molecule has 1 fully saturated rings. The van der Waals surface area contributed by atoms with Crippen LogP contribution in [0, 0.1) is 5.92 Å². The van der Waals surface area contributed by atoms with E-state index < -0.39 is 0 Å². The minimum Gasteiger partial charge on any atom is -0.306 e. The summed E-state index contributed by atoms with van der Waals surface area (Å²) in [5.74, 6) is 2.03. The fourth-order valence-corrected chi connectivity index (χ4v) is 3.29. The first-order valence-electron chi connectivity index (χ1n) is 6.91. The van der Waals surface area contributed by atoms with E-state index in [1.807, 2.05) is 18.1 Å². The molecule has 2 rings (SSSR count). The van der Waals surface area contributed by atoms with Crippen LogP contribution in [0.15, 0.2) is 11.5 Å². The summed E-state index contributed by atoms with van der Waals surface area (Å²) in [4.78, 5) is 2.57. The fraction of sp³-hybridized carbons (Fsp3) is 0.846. The molecule has 0 aromatic carbocycles. The topological polar surface area (TPSA) is 34.0 Å². The van der Waals surface area contributed by atoms with Crippen molar-refractivity contribution in [1.29, 1.82) is 0 Å². The Morgan fingerprint density at radius 1 is 1.39 bits per heavy atom. The van der Waals surface area contributed by atoms with Crippen LogP contribution in [-0.4, -0.2) is 45.1 Å². The Balaban J connectivity index is 1.73. The van der Waals surface area contributed by atoms with Gasteiger partial charge in [0, 0.05) is 18.3 Å². The zero-order valence-corrected chi connectivity index (χ0v) is 12.5. The van der Waals surface area contributed by atoms with Crippen LogP contribution in [0.3, 0.4) is 0 Å². The molecule has 4 nitrogen and oxygen atoms in total. The van der Waals surface area contributed by atoms with Crippen molar-refractivity contribution >= 4 is 11.8 Å². The molecule has 1 saturated heterocycles. The van der Waals surface area contributed by atoms with Gasteiger partial charge in [-0.2, -0.15) is 0 Å². The fourth-order valence-electron chi connectivity index (χ4n) is 2.24. The van der Waals surface area contributed by atoms with E-state index in [1.54, 1.807) is 0 Å². The van der Waals surface area contributed by atoms with Gasteiger partial charge in [-0.1, -0.05) is 18.7 Å². The van der Waals surface area contributed by atoms with Gasteiger partial charge < -0.3 is 9.47 Å². The molecule has 0 spiro atoms. The molecule has 0 bridgehead atoms. The monoisotopic (exact) mass is 268 g/mol. The van der Waals surface area contributed by atoms with Gasteiger partial charge in [0.2, 0.25) is 0 Å². The molecule has 0 aliphatic carbocycles. The Labute approximate surface area is 114 Å². The molecule has 0 saturated carbocycles. The Hall–Kier alpha value is -0.550. The van der Waals surface area contributed by atoms with E-state index in [-0.39, 0.29) is 0 Å². The number of aromatic nitrogens is 3. The van der Waals surface area contributed by atoms with Crippen LogP contribution >= 0.6 is 11.8 Å². The van der Waals surface area contributed by atoms with E-state index in [0.717, 1.165) is 16.8 Å². The number of rotatable bonds is 5. The summed E-state index contributed by atoms with van der Waals surface area (Å²) in [6.07, 6.45) is 4.54. The SMILES string of the molecule is CC1CCN(CCSc2nncn2C(C)C)CC1. The molecular weight excluding hydrogens is 244 g/mol. The first-order valence-corrected chi connectivity index (χ1v) is 7.90. The molecule has 0 atom stereocenters. The maximum absolute atomic E-state index is 4.19. The molecule has 1 aliphatic heterocycles. The maximum Gasteiger partial charge on any atom is 0.191 e. The highest BCUT2D eigenvalue weighted by Gasteiger charge is 2.15. The van der Waals surface area contributed by atoms with Crippen molar-refractivity contribution in [2.45, 2.75) is 44.8 Å². The summed E-state index contributed by atoms with van der Waals surface area (Å²) >= 11 is 1.82. The zero-order valence-electron chi connectivity index (χ0n) is 11.7. The maximum atomic E-state index is 4.19. The van der Waals surface area contributed by atoms with Crippen LogP contribution in [0.4, 0.5) is 0 Å². The standard InChI is InChI=1S/C13H24N4S/c1-11(2)17-10-14-15-13(17)18-9-8-16-6-4-12(3)5-7-16/h10-12H,4-9H2,1-3H3. The molecule has 102 valence electrons. The van der Waals surface area contributed by atoms with Gasteiger partial charge in [-0.25, -0.2) is 0 Å². The molecule has 1 aromatic heterocycles. The lowest BCUT2D eigenvalue weighted by molar-refractivity contribution is 0.203. The van der Waals surface area contributed by atoms with Crippen molar-refractivity contribution in [1.82, 2.24) is 19.7 Å². The second kappa shape index (κ2) is 6.57. The molecule has 0 unspecified atom stereocenters. The van der Waals surface area contributed by atoms with Gasteiger partial charge in [0.15, 0.2) is 5.16 Å². The van der Waals surface area contributed by atoms with Crippen molar-refractivity contribution < 1.29 is 0 Å². The van der Waals surface area contributed by atoms with Crippen LogP contribution in [0.5, 0.6) is 0 Å². The Morgan fingerprint density at radius 2 is 2.11 bits per heavy atom. The first-order chi connectivity index (χ1) is 8.66. The average Bonchev–Trinajstić information content (AvgIpc) is 2.80. The summed E-state index contributed by atoms with van der Waals surface area (Å²) in [5, 5.41) is 9.24. The lowest BCUT2D eigenvalue weighted by Crippen LogP contribution is -2.34. The average molecular weight is 268 g/mol. The first kappa shape index (κ1) is 13.9. The number of nitrogens with zero attached hydrogens (tertiary/aromatic N) is 4. The molecule has 18 heavy (non-hydrogen) atoms. The lowest BCUT2D eigenvalue weighted by atomic mass is 9.99. The second-order valence-electron chi connectivity index (χ2n) is 5.49. The van der Waals surface area contributed by atoms with Crippen molar-refractivity contribution in [3.63, 3.8) is 0 Å². The van der Waals surface area contributed by atoms with E-state index in [1.165, 1.54) is 32.5 Å².